The van der Waals surface area contributed by atoms with E-state index in [1.807, 2.05) is 18.3 Å². The third-order valence-corrected chi connectivity index (χ3v) is 4.89. The van der Waals surface area contributed by atoms with Gasteiger partial charge in [-0.1, -0.05) is 6.07 Å². The Hall–Kier alpha value is -2.14. The number of imidazole rings is 2. The van der Waals surface area contributed by atoms with Gasteiger partial charge in [0.25, 0.3) is 0 Å². The van der Waals surface area contributed by atoms with Crippen LogP contribution >= 0.6 is 0 Å². The van der Waals surface area contributed by atoms with Crippen LogP contribution in [0.25, 0.3) is 5.65 Å². The van der Waals surface area contributed by atoms with Gasteiger partial charge in [-0.3, -0.25) is 4.90 Å². The average molecular weight is 309 g/mol. The van der Waals surface area contributed by atoms with E-state index in [-0.39, 0.29) is 0 Å². The Bertz CT molecular complexity index is 746. The summed E-state index contributed by atoms with van der Waals surface area (Å²) in [6.45, 7) is 6.46. The maximum Gasteiger partial charge on any atom is 0.137 e. The molecule has 0 atom stereocenters. The molecule has 23 heavy (non-hydrogen) atoms. The quantitative estimate of drug-likeness (QED) is 0.744. The first-order valence-electron chi connectivity index (χ1n) is 8.40. The van der Waals surface area contributed by atoms with E-state index in [9.17, 15) is 0 Å². The standard InChI is InChI=1S/C18H23N5/c1-15-19-7-11-22(15)12-16-5-9-21(10-6-16)13-17-14-23-8-3-2-4-18(23)20-17/h2-4,7-8,11,14,16H,5-6,9-10,12-13H2,1H3. The van der Waals surface area contributed by atoms with Crippen LogP contribution in [0.2, 0.25) is 0 Å². The number of likely N-dealkylation sites (tertiary alicyclic amines) is 1. The molecule has 3 aromatic heterocycles. The number of rotatable bonds is 4. The molecule has 0 N–H and O–H groups in total. The molecule has 1 fully saturated rings. The van der Waals surface area contributed by atoms with Gasteiger partial charge in [-0.15, -0.1) is 0 Å². The third-order valence-electron chi connectivity index (χ3n) is 4.89. The third kappa shape index (κ3) is 3.15. The number of pyridine rings is 1. The van der Waals surface area contributed by atoms with Crippen LogP contribution in [0.1, 0.15) is 24.4 Å². The average Bonchev–Trinajstić information content (AvgIpc) is 3.15. The number of hydrogen-bond donors (Lipinski definition) is 0. The van der Waals surface area contributed by atoms with E-state index in [2.05, 4.69) is 50.4 Å². The van der Waals surface area contributed by atoms with Gasteiger partial charge in [-0.05, 0) is 50.9 Å². The fourth-order valence-corrected chi connectivity index (χ4v) is 3.49. The lowest BCUT2D eigenvalue weighted by molar-refractivity contribution is 0.165. The molecular weight excluding hydrogens is 286 g/mol. The molecule has 4 rings (SSSR count). The lowest BCUT2D eigenvalue weighted by atomic mass is 9.96. The van der Waals surface area contributed by atoms with Crippen molar-refractivity contribution in [1.82, 2.24) is 23.8 Å². The van der Waals surface area contributed by atoms with Crippen molar-refractivity contribution in [3.63, 3.8) is 0 Å². The number of hydrogen-bond acceptors (Lipinski definition) is 3. The molecule has 5 heteroatoms. The van der Waals surface area contributed by atoms with Crippen LogP contribution in [0, 0.1) is 12.8 Å². The maximum absolute atomic E-state index is 4.71. The Balaban J connectivity index is 1.33. The van der Waals surface area contributed by atoms with Crippen LogP contribution in [-0.4, -0.2) is 36.9 Å². The smallest absolute Gasteiger partial charge is 0.137 e. The predicted molar refractivity (Wildman–Crippen MR) is 90.2 cm³/mol. The number of piperidine rings is 1. The minimum atomic E-state index is 0.764. The van der Waals surface area contributed by atoms with E-state index >= 15 is 0 Å². The van der Waals surface area contributed by atoms with Crippen LogP contribution in [-0.2, 0) is 13.1 Å². The summed E-state index contributed by atoms with van der Waals surface area (Å²) in [5, 5.41) is 0. The fraction of sp³-hybridized carbons (Fsp3) is 0.444. The van der Waals surface area contributed by atoms with E-state index in [0.717, 1.165) is 43.6 Å². The van der Waals surface area contributed by atoms with E-state index in [0.29, 0.717) is 0 Å². The van der Waals surface area contributed by atoms with Gasteiger partial charge in [0.2, 0.25) is 0 Å². The van der Waals surface area contributed by atoms with Gasteiger partial charge in [-0.2, -0.15) is 0 Å². The van der Waals surface area contributed by atoms with Gasteiger partial charge >= 0.3 is 0 Å². The number of nitrogens with zero attached hydrogens (tertiary/aromatic N) is 5. The lowest BCUT2D eigenvalue weighted by Crippen LogP contribution is -2.34. The number of fused-ring (bicyclic) bond motifs is 1. The van der Waals surface area contributed by atoms with Crippen molar-refractivity contribution in [2.24, 2.45) is 5.92 Å². The van der Waals surface area contributed by atoms with Crippen molar-refractivity contribution in [2.45, 2.75) is 32.9 Å². The summed E-state index contributed by atoms with van der Waals surface area (Å²) in [6.07, 6.45) is 10.7. The van der Waals surface area contributed by atoms with E-state index in [1.165, 1.54) is 18.5 Å². The highest BCUT2D eigenvalue weighted by molar-refractivity contribution is 5.39. The highest BCUT2D eigenvalue weighted by Crippen LogP contribution is 2.21. The van der Waals surface area contributed by atoms with Gasteiger partial charge in [0.1, 0.15) is 11.5 Å². The van der Waals surface area contributed by atoms with Crippen molar-refractivity contribution in [1.29, 1.82) is 0 Å². The zero-order valence-corrected chi connectivity index (χ0v) is 13.6. The fourth-order valence-electron chi connectivity index (χ4n) is 3.49. The minimum absolute atomic E-state index is 0.764. The van der Waals surface area contributed by atoms with Crippen molar-refractivity contribution in [3.8, 4) is 0 Å². The van der Waals surface area contributed by atoms with Gasteiger partial charge in [-0.25, -0.2) is 9.97 Å². The van der Waals surface area contributed by atoms with Crippen molar-refractivity contribution in [2.75, 3.05) is 13.1 Å². The number of aryl methyl sites for hydroxylation is 1. The van der Waals surface area contributed by atoms with Gasteiger partial charge in [0, 0.05) is 37.9 Å². The van der Waals surface area contributed by atoms with Crippen LogP contribution < -0.4 is 0 Å². The Morgan fingerprint density at radius 1 is 1.17 bits per heavy atom. The summed E-state index contributed by atoms with van der Waals surface area (Å²) in [5.74, 6) is 1.89. The molecule has 1 aliphatic rings. The molecule has 0 bridgehead atoms. The first-order valence-corrected chi connectivity index (χ1v) is 8.40. The topological polar surface area (TPSA) is 38.4 Å². The molecule has 5 nitrogen and oxygen atoms in total. The summed E-state index contributed by atoms with van der Waals surface area (Å²) in [6, 6.07) is 6.14. The predicted octanol–water partition coefficient (Wildman–Crippen LogP) is 2.75. The number of aromatic nitrogens is 4. The van der Waals surface area contributed by atoms with Crippen molar-refractivity contribution < 1.29 is 0 Å². The molecule has 0 amide bonds. The zero-order chi connectivity index (χ0) is 15.6. The summed E-state index contributed by atoms with van der Waals surface area (Å²) in [5.41, 5.74) is 2.20. The molecular formula is C18H23N5. The maximum atomic E-state index is 4.71. The highest BCUT2D eigenvalue weighted by Gasteiger charge is 2.20. The molecule has 4 heterocycles. The second kappa shape index (κ2) is 6.16. The lowest BCUT2D eigenvalue weighted by Gasteiger charge is -2.31. The van der Waals surface area contributed by atoms with E-state index in [4.69, 9.17) is 4.98 Å². The monoisotopic (exact) mass is 309 g/mol. The minimum Gasteiger partial charge on any atom is -0.335 e. The van der Waals surface area contributed by atoms with Crippen LogP contribution in [0.15, 0.2) is 43.0 Å². The first-order chi connectivity index (χ1) is 11.3. The highest BCUT2D eigenvalue weighted by atomic mass is 15.1. The Morgan fingerprint density at radius 3 is 2.78 bits per heavy atom. The van der Waals surface area contributed by atoms with Crippen LogP contribution in [0.4, 0.5) is 0 Å². The molecule has 0 radical (unpaired) electrons. The Morgan fingerprint density at radius 2 is 2.04 bits per heavy atom. The van der Waals surface area contributed by atoms with Crippen molar-refractivity contribution in [3.05, 3.63) is 54.5 Å². The molecule has 120 valence electrons. The summed E-state index contributed by atoms with van der Waals surface area (Å²) in [4.78, 5) is 11.5. The van der Waals surface area contributed by atoms with E-state index < -0.39 is 0 Å². The summed E-state index contributed by atoms with van der Waals surface area (Å²) in [7, 11) is 0. The second-order valence-corrected chi connectivity index (χ2v) is 6.54. The van der Waals surface area contributed by atoms with Gasteiger partial charge in [0.15, 0.2) is 0 Å². The molecule has 0 aromatic carbocycles. The molecule has 0 unspecified atom stereocenters. The first kappa shape index (κ1) is 14.5. The summed E-state index contributed by atoms with van der Waals surface area (Å²) >= 11 is 0. The van der Waals surface area contributed by atoms with Gasteiger partial charge < -0.3 is 8.97 Å². The molecule has 1 aliphatic heterocycles. The Labute approximate surface area is 136 Å². The zero-order valence-electron chi connectivity index (χ0n) is 13.6. The molecule has 3 aromatic rings. The molecule has 0 saturated carbocycles. The normalized spacial score (nSPS) is 17.1. The SMILES string of the molecule is Cc1nccn1CC1CCN(Cc2cn3ccccc3n2)CC1. The largest absolute Gasteiger partial charge is 0.335 e. The van der Waals surface area contributed by atoms with E-state index in [1.54, 1.807) is 0 Å². The van der Waals surface area contributed by atoms with Crippen molar-refractivity contribution >= 4 is 5.65 Å². The molecule has 0 spiro atoms. The summed E-state index contributed by atoms with van der Waals surface area (Å²) < 4.78 is 4.38. The molecule has 0 aliphatic carbocycles. The van der Waals surface area contributed by atoms with Gasteiger partial charge in [0.05, 0.1) is 5.69 Å². The van der Waals surface area contributed by atoms with Crippen LogP contribution in [0.5, 0.6) is 0 Å². The second-order valence-electron chi connectivity index (χ2n) is 6.54. The van der Waals surface area contributed by atoms with Crippen LogP contribution in [0.3, 0.4) is 0 Å². The Kier molecular flexibility index (Phi) is 3.87. The molecule has 1 saturated heterocycles.